The number of methoxy groups -OCH3 is 1. The summed E-state index contributed by atoms with van der Waals surface area (Å²) in [5, 5.41) is 0. The van der Waals surface area contributed by atoms with Gasteiger partial charge in [0, 0.05) is 17.7 Å². The Morgan fingerprint density at radius 1 is 1.30 bits per heavy atom. The Kier molecular flexibility index (Phi) is 6.80. The van der Waals surface area contributed by atoms with Crippen LogP contribution >= 0.6 is 11.8 Å². The van der Waals surface area contributed by atoms with Gasteiger partial charge in [0.25, 0.3) is 11.8 Å². The monoisotopic (exact) mass is 435 g/mol. The van der Waals surface area contributed by atoms with Gasteiger partial charge in [-0.3, -0.25) is 25.2 Å². The molecule has 2 saturated heterocycles. The fourth-order valence-corrected chi connectivity index (χ4v) is 5.05. The molecule has 1 aromatic carbocycles. The smallest absolute Gasteiger partial charge is 0.269 e. The van der Waals surface area contributed by atoms with Gasteiger partial charge in [-0.15, -0.1) is 11.8 Å². The fourth-order valence-electron chi connectivity index (χ4n) is 3.62. The predicted molar refractivity (Wildman–Crippen MR) is 114 cm³/mol. The van der Waals surface area contributed by atoms with E-state index in [1.807, 2.05) is 6.92 Å². The fraction of sp³-hybridized carbons (Fsp3) is 0.571. The van der Waals surface area contributed by atoms with Crippen LogP contribution in [0.2, 0.25) is 0 Å². The molecule has 9 heteroatoms. The van der Waals surface area contributed by atoms with Gasteiger partial charge in [0.15, 0.2) is 11.5 Å². The number of rotatable bonds is 7. The van der Waals surface area contributed by atoms with Crippen molar-refractivity contribution in [2.45, 2.75) is 50.9 Å². The number of carbonyl (C=O) groups excluding carboxylic acids is 3. The van der Waals surface area contributed by atoms with E-state index in [2.05, 4.69) is 24.7 Å². The molecule has 0 bridgehead atoms. The topological polar surface area (TPSA) is 97.0 Å². The lowest BCUT2D eigenvalue weighted by atomic mass is 10.1. The number of thioether (sulfide) groups is 1. The van der Waals surface area contributed by atoms with Crippen molar-refractivity contribution in [3.05, 3.63) is 23.8 Å². The molecule has 2 atom stereocenters. The molecule has 2 fully saturated rings. The standard InChI is InChI=1S/C21H29N3O5S/c1-13(2)8-10-29-16-6-5-14(11-17(16)28-4)19(26)22-23-20(27)15-12-30-21(3)9-7-18(25)24(15)21/h5-6,11,13,15H,7-10,12H2,1-4H3,(H,22,26)(H,23,27)/t15-,21-/m1/s1. The van der Waals surface area contributed by atoms with Gasteiger partial charge >= 0.3 is 0 Å². The summed E-state index contributed by atoms with van der Waals surface area (Å²) in [5.41, 5.74) is 5.21. The number of nitrogens with one attached hydrogen (secondary N) is 2. The van der Waals surface area contributed by atoms with Crippen LogP contribution in [0, 0.1) is 5.92 Å². The number of amides is 3. The number of ether oxygens (including phenoxy) is 2. The summed E-state index contributed by atoms with van der Waals surface area (Å²) in [7, 11) is 1.51. The van der Waals surface area contributed by atoms with Crippen LogP contribution in [0.5, 0.6) is 11.5 Å². The van der Waals surface area contributed by atoms with Crippen molar-refractivity contribution in [2.24, 2.45) is 5.92 Å². The van der Waals surface area contributed by atoms with Crippen molar-refractivity contribution < 1.29 is 23.9 Å². The average molecular weight is 436 g/mol. The third kappa shape index (κ3) is 4.66. The van der Waals surface area contributed by atoms with Gasteiger partial charge in [-0.25, -0.2) is 0 Å². The van der Waals surface area contributed by atoms with E-state index < -0.39 is 17.9 Å². The highest BCUT2D eigenvalue weighted by molar-refractivity contribution is 8.01. The number of nitrogens with zero attached hydrogens (tertiary/aromatic N) is 1. The molecule has 164 valence electrons. The van der Waals surface area contributed by atoms with Crippen molar-refractivity contribution in [3.8, 4) is 11.5 Å². The Balaban J connectivity index is 1.58. The quantitative estimate of drug-likeness (QED) is 0.638. The predicted octanol–water partition coefficient (Wildman–Crippen LogP) is 2.34. The first-order chi connectivity index (χ1) is 14.2. The maximum Gasteiger partial charge on any atom is 0.269 e. The highest BCUT2D eigenvalue weighted by Gasteiger charge is 2.52. The van der Waals surface area contributed by atoms with E-state index in [0.717, 1.165) is 12.8 Å². The number of benzene rings is 1. The normalized spacial score (nSPS) is 22.8. The number of hydrazine groups is 1. The molecule has 3 rings (SSSR count). The molecule has 0 spiro atoms. The molecule has 0 saturated carbocycles. The van der Waals surface area contributed by atoms with Crippen LogP contribution in [-0.2, 0) is 9.59 Å². The van der Waals surface area contributed by atoms with Crippen LogP contribution in [0.15, 0.2) is 18.2 Å². The highest BCUT2D eigenvalue weighted by Crippen LogP contribution is 2.47. The Morgan fingerprint density at radius 3 is 2.77 bits per heavy atom. The molecule has 1 aromatic rings. The first kappa shape index (κ1) is 22.3. The van der Waals surface area contributed by atoms with Crippen LogP contribution in [0.1, 0.15) is 50.4 Å². The van der Waals surface area contributed by atoms with Gasteiger partial charge in [-0.2, -0.15) is 0 Å². The lowest BCUT2D eigenvalue weighted by Gasteiger charge is -2.29. The summed E-state index contributed by atoms with van der Waals surface area (Å²) in [6.45, 7) is 6.77. The van der Waals surface area contributed by atoms with Crippen molar-refractivity contribution >= 4 is 29.5 Å². The molecule has 0 aliphatic carbocycles. The van der Waals surface area contributed by atoms with Gasteiger partial charge in [-0.1, -0.05) is 13.8 Å². The van der Waals surface area contributed by atoms with Crippen molar-refractivity contribution in [3.63, 3.8) is 0 Å². The van der Waals surface area contributed by atoms with Crippen molar-refractivity contribution in [2.75, 3.05) is 19.5 Å². The summed E-state index contributed by atoms with van der Waals surface area (Å²) in [6.07, 6.45) is 2.10. The van der Waals surface area contributed by atoms with E-state index in [0.29, 0.717) is 41.8 Å². The summed E-state index contributed by atoms with van der Waals surface area (Å²) < 4.78 is 11.1. The second-order valence-electron chi connectivity index (χ2n) is 8.11. The van der Waals surface area contributed by atoms with Crippen LogP contribution in [0.3, 0.4) is 0 Å². The third-order valence-corrected chi connectivity index (χ3v) is 6.93. The van der Waals surface area contributed by atoms with Gasteiger partial charge in [0.1, 0.15) is 6.04 Å². The first-order valence-corrected chi connectivity index (χ1v) is 11.1. The first-order valence-electron chi connectivity index (χ1n) is 10.1. The second-order valence-corrected chi connectivity index (χ2v) is 9.61. The molecular weight excluding hydrogens is 406 g/mol. The minimum Gasteiger partial charge on any atom is -0.493 e. The van der Waals surface area contributed by atoms with E-state index in [1.165, 1.54) is 7.11 Å². The highest BCUT2D eigenvalue weighted by atomic mass is 32.2. The van der Waals surface area contributed by atoms with E-state index >= 15 is 0 Å². The molecule has 0 aromatic heterocycles. The second kappa shape index (κ2) is 9.16. The lowest BCUT2D eigenvalue weighted by molar-refractivity contribution is -0.138. The van der Waals surface area contributed by atoms with Crippen LogP contribution in [-0.4, -0.2) is 53.0 Å². The minimum absolute atomic E-state index is 0.0215. The molecular formula is C21H29N3O5S. The number of carbonyl (C=O) groups is 3. The lowest BCUT2D eigenvalue weighted by Crippen LogP contribution is -2.54. The summed E-state index contributed by atoms with van der Waals surface area (Å²) >= 11 is 1.60. The largest absolute Gasteiger partial charge is 0.493 e. The summed E-state index contributed by atoms with van der Waals surface area (Å²) in [5.74, 6) is 1.16. The third-order valence-electron chi connectivity index (χ3n) is 5.43. The number of fused-ring (bicyclic) bond motifs is 1. The zero-order valence-electron chi connectivity index (χ0n) is 17.8. The van der Waals surface area contributed by atoms with Gasteiger partial charge in [0.2, 0.25) is 5.91 Å². The minimum atomic E-state index is -0.582. The molecule has 2 aliphatic rings. The van der Waals surface area contributed by atoms with Gasteiger partial charge in [-0.05, 0) is 43.9 Å². The Hall–Kier alpha value is -2.42. The van der Waals surface area contributed by atoms with E-state index in [-0.39, 0.29) is 10.8 Å². The molecule has 8 nitrogen and oxygen atoms in total. The molecule has 2 aliphatic heterocycles. The maximum atomic E-state index is 12.6. The zero-order valence-corrected chi connectivity index (χ0v) is 18.6. The Labute approximate surface area is 181 Å². The van der Waals surface area contributed by atoms with E-state index in [1.54, 1.807) is 34.9 Å². The van der Waals surface area contributed by atoms with Crippen LogP contribution in [0.25, 0.3) is 0 Å². The van der Waals surface area contributed by atoms with Crippen molar-refractivity contribution in [1.29, 1.82) is 0 Å². The number of hydrogen-bond donors (Lipinski definition) is 2. The zero-order chi connectivity index (χ0) is 21.9. The molecule has 3 amide bonds. The van der Waals surface area contributed by atoms with Crippen molar-refractivity contribution in [1.82, 2.24) is 15.8 Å². The Morgan fingerprint density at radius 2 is 2.07 bits per heavy atom. The van der Waals surface area contributed by atoms with Crippen LogP contribution in [0.4, 0.5) is 0 Å². The summed E-state index contributed by atoms with van der Waals surface area (Å²) in [6, 6.07) is 4.28. The van der Waals surface area contributed by atoms with Gasteiger partial charge < -0.3 is 14.4 Å². The SMILES string of the molecule is COc1cc(C(=O)NNC(=O)[C@H]2CS[C@]3(C)CCC(=O)N23)ccc1OCCC(C)C. The van der Waals surface area contributed by atoms with E-state index in [4.69, 9.17) is 9.47 Å². The molecule has 2 N–H and O–H groups in total. The molecule has 0 unspecified atom stereocenters. The van der Waals surface area contributed by atoms with Gasteiger partial charge in [0.05, 0.1) is 18.6 Å². The van der Waals surface area contributed by atoms with E-state index in [9.17, 15) is 14.4 Å². The maximum absolute atomic E-state index is 12.6. The summed E-state index contributed by atoms with van der Waals surface area (Å²) in [4.78, 5) is 38.6. The number of hydrogen-bond acceptors (Lipinski definition) is 6. The Bertz CT molecular complexity index is 831. The molecule has 30 heavy (non-hydrogen) atoms. The van der Waals surface area contributed by atoms with Crippen LogP contribution < -0.4 is 20.3 Å². The average Bonchev–Trinajstić information content (AvgIpc) is 3.21. The molecule has 2 heterocycles. The molecule has 0 radical (unpaired) electrons.